The summed E-state index contributed by atoms with van der Waals surface area (Å²) in [5.41, 5.74) is 1.44. The Morgan fingerprint density at radius 2 is 2.17 bits per heavy atom. The van der Waals surface area contributed by atoms with E-state index in [4.69, 9.17) is 4.74 Å². The minimum atomic E-state index is -0.222. The number of amides is 1. The summed E-state index contributed by atoms with van der Waals surface area (Å²) in [6, 6.07) is 9.50. The Kier molecular flexibility index (Phi) is 3.74. The normalized spacial score (nSPS) is 18.0. The van der Waals surface area contributed by atoms with Crippen LogP contribution in [0.2, 0.25) is 0 Å². The molecule has 3 aromatic rings. The Bertz CT molecular complexity index is 884. The van der Waals surface area contributed by atoms with Crippen molar-refractivity contribution in [3.05, 3.63) is 59.9 Å². The van der Waals surface area contributed by atoms with Crippen LogP contribution in [0.4, 0.5) is 0 Å². The second-order valence-electron chi connectivity index (χ2n) is 5.92. The maximum atomic E-state index is 13.2. The molecule has 0 radical (unpaired) electrons. The molecule has 4 rings (SSSR count). The van der Waals surface area contributed by atoms with Gasteiger partial charge in [0.15, 0.2) is 0 Å². The van der Waals surface area contributed by atoms with Gasteiger partial charge in [-0.1, -0.05) is 24.3 Å². The number of aryl methyl sites for hydroxylation is 1. The van der Waals surface area contributed by atoms with E-state index in [-0.39, 0.29) is 11.9 Å². The lowest BCUT2D eigenvalue weighted by atomic mass is 10.1. The zero-order chi connectivity index (χ0) is 16.5. The Morgan fingerprint density at radius 3 is 3.00 bits per heavy atom. The molecule has 6 nitrogen and oxygen atoms in total. The van der Waals surface area contributed by atoms with Crippen molar-refractivity contribution in [2.75, 3.05) is 19.8 Å². The Labute approximate surface area is 139 Å². The van der Waals surface area contributed by atoms with Crippen LogP contribution in [0, 0.1) is 6.92 Å². The molecule has 0 unspecified atom stereocenters. The number of rotatable bonds is 2. The number of nitrogens with zero attached hydrogens (tertiary/aromatic N) is 3. The average Bonchev–Trinajstić information content (AvgIpc) is 3.07. The number of fused-ring (bicyclic) bond motifs is 1. The van der Waals surface area contributed by atoms with Gasteiger partial charge in [0.2, 0.25) is 0 Å². The van der Waals surface area contributed by atoms with Crippen LogP contribution in [0.25, 0.3) is 10.8 Å². The maximum Gasteiger partial charge on any atom is 0.273 e. The van der Waals surface area contributed by atoms with Crippen LogP contribution in [-0.4, -0.2) is 45.5 Å². The Hall–Kier alpha value is -2.73. The lowest BCUT2D eigenvalue weighted by molar-refractivity contribution is -0.00519. The lowest BCUT2D eigenvalue weighted by Gasteiger charge is -2.34. The molecule has 24 heavy (non-hydrogen) atoms. The molecule has 1 amide bonds. The number of carbonyl (C=O) groups excluding carboxylic acids is 1. The van der Waals surface area contributed by atoms with Crippen LogP contribution in [0.15, 0.2) is 42.7 Å². The zero-order valence-corrected chi connectivity index (χ0v) is 13.4. The first-order valence-electron chi connectivity index (χ1n) is 7.98. The molecule has 0 aliphatic carbocycles. The average molecular weight is 322 g/mol. The highest BCUT2D eigenvalue weighted by atomic mass is 16.5. The molecular weight excluding hydrogens is 304 g/mol. The maximum absolute atomic E-state index is 13.2. The number of benzene rings is 1. The van der Waals surface area contributed by atoms with Crippen molar-refractivity contribution in [2.45, 2.75) is 13.0 Å². The third-order valence-electron chi connectivity index (χ3n) is 4.30. The van der Waals surface area contributed by atoms with Gasteiger partial charge in [-0.25, -0.2) is 4.98 Å². The monoisotopic (exact) mass is 322 g/mol. The fourth-order valence-corrected chi connectivity index (χ4v) is 3.10. The van der Waals surface area contributed by atoms with E-state index >= 15 is 0 Å². The lowest BCUT2D eigenvalue weighted by Crippen LogP contribution is -2.44. The molecular formula is C18H18N4O2. The second-order valence-corrected chi connectivity index (χ2v) is 5.92. The molecule has 1 saturated heterocycles. The van der Waals surface area contributed by atoms with Gasteiger partial charge >= 0.3 is 0 Å². The number of aromatic nitrogens is 3. The molecule has 1 N–H and O–H groups in total. The molecule has 0 saturated carbocycles. The third kappa shape index (κ3) is 2.55. The fraction of sp³-hybridized carbons (Fsp3) is 0.278. The van der Waals surface area contributed by atoms with Crippen molar-refractivity contribution in [3.63, 3.8) is 0 Å². The smallest absolute Gasteiger partial charge is 0.273 e. The summed E-state index contributed by atoms with van der Waals surface area (Å²) in [6.45, 7) is 3.42. The van der Waals surface area contributed by atoms with E-state index in [1.807, 2.05) is 37.3 Å². The van der Waals surface area contributed by atoms with Crippen molar-refractivity contribution in [2.24, 2.45) is 0 Å². The van der Waals surface area contributed by atoms with Gasteiger partial charge in [0.1, 0.15) is 17.6 Å². The van der Waals surface area contributed by atoms with Gasteiger partial charge in [-0.2, -0.15) is 0 Å². The van der Waals surface area contributed by atoms with E-state index < -0.39 is 0 Å². The number of pyridine rings is 1. The van der Waals surface area contributed by atoms with Crippen molar-refractivity contribution >= 4 is 16.7 Å². The number of hydrogen-bond acceptors (Lipinski definition) is 4. The quantitative estimate of drug-likeness (QED) is 0.787. The predicted octanol–water partition coefficient (Wildman–Crippen LogP) is 2.48. The summed E-state index contributed by atoms with van der Waals surface area (Å²) in [7, 11) is 0. The molecule has 1 aliphatic heterocycles. The van der Waals surface area contributed by atoms with Crippen molar-refractivity contribution in [3.8, 4) is 0 Å². The van der Waals surface area contributed by atoms with Crippen LogP contribution in [0.5, 0.6) is 0 Å². The first kappa shape index (κ1) is 14.8. The van der Waals surface area contributed by atoms with Gasteiger partial charge in [-0.3, -0.25) is 9.78 Å². The molecule has 1 aliphatic rings. The number of ether oxygens (including phenoxy) is 1. The highest BCUT2D eigenvalue weighted by Gasteiger charge is 2.32. The zero-order valence-electron chi connectivity index (χ0n) is 13.4. The van der Waals surface area contributed by atoms with Crippen molar-refractivity contribution < 1.29 is 9.53 Å². The number of aromatic amines is 1. The molecule has 122 valence electrons. The van der Waals surface area contributed by atoms with Gasteiger partial charge in [0.25, 0.3) is 5.91 Å². The van der Waals surface area contributed by atoms with E-state index in [9.17, 15) is 4.79 Å². The topological polar surface area (TPSA) is 71.1 Å². The molecule has 3 heterocycles. The van der Waals surface area contributed by atoms with Gasteiger partial charge in [0.05, 0.1) is 13.2 Å². The summed E-state index contributed by atoms with van der Waals surface area (Å²) in [6.07, 6.45) is 3.45. The van der Waals surface area contributed by atoms with Crippen LogP contribution < -0.4 is 0 Å². The van der Waals surface area contributed by atoms with Gasteiger partial charge < -0.3 is 14.6 Å². The number of hydrogen-bond donors (Lipinski definition) is 1. The van der Waals surface area contributed by atoms with E-state index in [2.05, 4.69) is 15.0 Å². The first-order chi connectivity index (χ1) is 11.7. The largest absolute Gasteiger partial charge is 0.377 e. The standard InChI is InChI=1S/C18H18N4O2/c1-12-10-20-17(21-12)15-11-24-9-8-22(15)18(23)16-14-5-3-2-4-13(14)6-7-19-16/h2-7,10,15H,8-9,11H2,1H3,(H,20,21)/t15-/m1/s1. The predicted molar refractivity (Wildman–Crippen MR) is 89.7 cm³/mol. The second kappa shape index (κ2) is 6.05. The summed E-state index contributed by atoms with van der Waals surface area (Å²) in [4.78, 5) is 26.9. The third-order valence-corrected chi connectivity index (χ3v) is 4.30. The number of nitrogens with one attached hydrogen (secondary N) is 1. The van der Waals surface area contributed by atoms with Gasteiger partial charge in [-0.15, -0.1) is 0 Å². The van der Waals surface area contributed by atoms with Gasteiger partial charge in [0, 0.05) is 30.0 Å². The molecule has 6 heteroatoms. The number of H-pyrrole nitrogens is 1. The van der Waals surface area contributed by atoms with Crippen LogP contribution in [-0.2, 0) is 4.74 Å². The highest BCUT2D eigenvalue weighted by Crippen LogP contribution is 2.26. The molecule has 1 fully saturated rings. The van der Waals surface area contributed by atoms with Gasteiger partial charge in [-0.05, 0) is 18.4 Å². The first-order valence-corrected chi connectivity index (χ1v) is 7.98. The van der Waals surface area contributed by atoms with Crippen LogP contribution in [0.3, 0.4) is 0 Å². The highest BCUT2D eigenvalue weighted by molar-refractivity contribution is 6.05. The summed E-state index contributed by atoms with van der Waals surface area (Å²) in [5.74, 6) is 0.662. The Balaban J connectivity index is 1.73. The number of imidazole rings is 1. The van der Waals surface area contributed by atoms with Crippen molar-refractivity contribution in [1.82, 2.24) is 19.9 Å². The van der Waals surface area contributed by atoms with E-state index in [0.717, 1.165) is 22.3 Å². The Morgan fingerprint density at radius 1 is 1.29 bits per heavy atom. The molecule has 0 bridgehead atoms. The molecule has 2 aromatic heterocycles. The van der Waals surface area contributed by atoms with E-state index in [0.29, 0.717) is 25.5 Å². The summed E-state index contributed by atoms with van der Waals surface area (Å²) < 4.78 is 5.58. The minimum Gasteiger partial charge on any atom is -0.377 e. The number of morpholine rings is 1. The van der Waals surface area contributed by atoms with E-state index in [1.165, 1.54) is 0 Å². The number of carbonyl (C=O) groups is 1. The molecule has 1 aromatic carbocycles. The minimum absolute atomic E-state index is 0.0887. The SMILES string of the molecule is Cc1cnc([C@H]2COCCN2C(=O)c2nccc3ccccc23)[nH]1. The fourth-order valence-electron chi connectivity index (χ4n) is 3.10. The summed E-state index contributed by atoms with van der Waals surface area (Å²) in [5, 5.41) is 1.88. The van der Waals surface area contributed by atoms with Crippen LogP contribution in [0.1, 0.15) is 28.0 Å². The van der Waals surface area contributed by atoms with Crippen LogP contribution >= 0.6 is 0 Å². The summed E-state index contributed by atoms with van der Waals surface area (Å²) >= 11 is 0. The van der Waals surface area contributed by atoms with Crippen molar-refractivity contribution in [1.29, 1.82) is 0 Å². The molecule has 0 spiro atoms. The molecule has 1 atom stereocenters. The van der Waals surface area contributed by atoms with E-state index in [1.54, 1.807) is 17.3 Å².